The molecule has 0 spiro atoms. The maximum atomic E-state index is 13.1. The molecule has 2 atom stereocenters. The Morgan fingerprint density at radius 2 is 1.65 bits per heavy atom. The zero-order valence-electron chi connectivity index (χ0n) is 27.8. The van der Waals surface area contributed by atoms with Crippen LogP contribution in [-0.2, 0) is 17.7 Å². The number of aryl methyl sites for hydroxylation is 3. The summed E-state index contributed by atoms with van der Waals surface area (Å²) in [4.78, 5) is 30.5. The van der Waals surface area contributed by atoms with Crippen molar-refractivity contribution in [2.24, 2.45) is 0 Å². The standard InChI is InChI=1S/C36H49N5O2/c1-22(2)28-15-14-23(3)31(18-28)39-17-16-30-29(21-39)34(38-33(37-30)32-24(4)12-11-13-25(32)5)40-19-27(7)41(20-26(40)6)35(42)43-36(8,9)10/h11-15,18,22,26-27H,16-17,19-21H2,1-10H3. The highest BCUT2D eigenvalue weighted by Gasteiger charge is 2.37. The maximum Gasteiger partial charge on any atom is 0.410 e. The van der Waals surface area contributed by atoms with Crippen LogP contribution in [0.3, 0.4) is 0 Å². The molecule has 3 aromatic rings. The first kappa shape index (κ1) is 30.8. The highest BCUT2D eigenvalue weighted by Crippen LogP contribution is 2.37. The van der Waals surface area contributed by atoms with E-state index in [4.69, 9.17) is 14.7 Å². The van der Waals surface area contributed by atoms with Gasteiger partial charge in [0.05, 0.1) is 5.69 Å². The summed E-state index contributed by atoms with van der Waals surface area (Å²) < 4.78 is 5.77. The highest BCUT2D eigenvalue weighted by atomic mass is 16.6. The van der Waals surface area contributed by atoms with Crippen LogP contribution in [0, 0.1) is 20.8 Å². The van der Waals surface area contributed by atoms with E-state index >= 15 is 0 Å². The normalized spacial score (nSPS) is 19.1. The SMILES string of the molecule is Cc1ccc(C(C)C)cc1N1CCc2nc(-c3c(C)cccc3C)nc(N3CC(C)N(C(=O)OC(C)(C)C)CC3C)c2C1. The number of aromatic nitrogens is 2. The van der Waals surface area contributed by atoms with Crippen molar-refractivity contribution in [3.05, 3.63) is 69.9 Å². The Labute approximate surface area is 258 Å². The van der Waals surface area contributed by atoms with E-state index in [1.54, 1.807) is 0 Å². The van der Waals surface area contributed by atoms with Crippen LogP contribution in [0.25, 0.3) is 11.4 Å². The van der Waals surface area contributed by atoms with Crippen molar-refractivity contribution in [3.63, 3.8) is 0 Å². The third-order valence-electron chi connectivity index (χ3n) is 8.87. The summed E-state index contributed by atoms with van der Waals surface area (Å²) in [7, 11) is 0. The predicted molar refractivity (Wildman–Crippen MR) is 176 cm³/mol. The van der Waals surface area contributed by atoms with Crippen molar-refractivity contribution < 1.29 is 9.53 Å². The summed E-state index contributed by atoms with van der Waals surface area (Å²) in [6.07, 6.45) is 0.606. The second-order valence-corrected chi connectivity index (χ2v) is 13.9. The number of nitrogens with zero attached hydrogens (tertiary/aromatic N) is 5. The zero-order chi connectivity index (χ0) is 31.2. The lowest BCUT2D eigenvalue weighted by atomic mass is 9.97. The minimum Gasteiger partial charge on any atom is -0.444 e. The van der Waals surface area contributed by atoms with Crippen LogP contribution in [-0.4, -0.2) is 58.3 Å². The molecule has 3 heterocycles. The summed E-state index contributed by atoms with van der Waals surface area (Å²) in [5.41, 5.74) is 9.20. The number of benzene rings is 2. The molecule has 2 aliphatic heterocycles. The molecule has 1 saturated heterocycles. The molecule has 1 fully saturated rings. The molecule has 230 valence electrons. The van der Waals surface area contributed by atoms with Gasteiger partial charge in [0.2, 0.25) is 0 Å². The highest BCUT2D eigenvalue weighted by molar-refractivity contribution is 5.71. The van der Waals surface area contributed by atoms with E-state index in [1.807, 2.05) is 25.7 Å². The van der Waals surface area contributed by atoms with Crippen LogP contribution in [0.5, 0.6) is 0 Å². The number of carbonyl (C=O) groups is 1. The number of fused-ring (bicyclic) bond motifs is 1. The summed E-state index contributed by atoms with van der Waals surface area (Å²) in [5.74, 6) is 2.26. The van der Waals surface area contributed by atoms with E-state index in [1.165, 1.54) is 33.5 Å². The Hall–Kier alpha value is -3.61. The molecule has 2 aliphatic rings. The van der Waals surface area contributed by atoms with Crippen molar-refractivity contribution >= 4 is 17.6 Å². The fourth-order valence-electron chi connectivity index (χ4n) is 6.44. The third-order valence-corrected chi connectivity index (χ3v) is 8.87. The van der Waals surface area contributed by atoms with Gasteiger partial charge in [-0.25, -0.2) is 14.8 Å². The van der Waals surface area contributed by atoms with Gasteiger partial charge in [0, 0.05) is 61.5 Å². The number of ether oxygens (including phenoxy) is 1. The van der Waals surface area contributed by atoms with E-state index in [0.29, 0.717) is 19.0 Å². The van der Waals surface area contributed by atoms with E-state index in [-0.39, 0.29) is 18.2 Å². The van der Waals surface area contributed by atoms with Crippen molar-refractivity contribution in [2.75, 3.05) is 29.4 Å². The molecule has 7 heteroatoms. The second-order valence-electron chi connectivity index (χ2n) is 13.9. The molecule has 0 radical (unpaired) electrons. The molecule has 43 heavy (non-hydrogen) atoms. The predicted octanol–water partition coefficient (Wildman–Crippen LogP) is 7.59. The van der Waals surface area contributed by atoms with Crippen LogP contribution in [0.4, 0.5) is 16.3 Å². The lowest BCUT2D eigenvalue weighted by Crippen LogP contribution is -2.59. The lowest BCUT2D eigenvalue weighted by molar-refractivity contribution is 0.0129. The first-order chi connectivity index (χ1) is 20.2. The molecule has 7 nitrogen and oxygen atoms in total. The molecule has 0 aliphatic carbocycles. The van der Waals surface area contributed by atoms with Crippen LogP contribution in [0.15, 0.2) is 36.4 Å². The molecule has 2 unspecified atom stereocenters. The van der Waals surface area contributed by atoms with Crippen LogP contribution in [0.1, 0.15) is 87.9 Å². The summed E-state index contributed by atoms with van der Waals surface area (Å²) in [6, 6.07) is 13.3. The Morgan fingerprint density at radius 3 is 2.30 bits per heavy atom. The van der Waals surface area contributed by atoms with Crippen molar-refractivity contribution in [2.45, 2.75) is 106 Å². The largest absolute Gasteiger partial charge is 0.444 e. The van der Waals surface area contributed by atoms with Gasteiger partial charge in [0.15, 0.2) is 5.82 Å². The number of hydrogen-bond acceptors (Lipinski definition) is 6. The first-order valence-corrected chi connectivity index (χ1v) is 15.8. The zero-order valence-corrected chi connectivity index (χ0v) is 27.8. The number of rotatable bonds is 4. The van der Waals surface area contributed by atoms with Crippen LogP contribution >= 0.6 is 0 Å². The fraction of sp³-hybridized carbons (Fsp3) is 0.528. The minimum atomic E-state index is -0.530. The molecule has 2 aromatic carbocycles. The van der Waals surface area contributed by atoms with E-state index in [0.717, 1.165) is 42.4 Å². The van der Waals surface area contributed by atoms with Gasteiger partial charge in [0.25, 0.3) is 0 Å². The van der Waals surface area contributed by atoms with Gasteiger partial charge < -0.3 is 19.4 Å². The number of hydrogen-bond donors (Lipinski definition) is 0. The molecular formula is C36H49N5O2. The van der Waals surface area contributed by atoms with E-state index in [2.05, 4.69) is 94.7 Å². The number of amides is 1. The van der Waals surface area contributed by atoms with Gasteiger partial charge in [-0.15, -0.1) is 0 Å². The monoisotopic (exact) mass is 583 g/mol. The molecule has 1 aromatic heterocycles. The lowest BCUT2D eigenvalue weighted by Gasteiger charge is -2.46. The number of piperazine rings is 1. The van der Waals surface area contributed by atoms with E-state index < -0.39 is 5.60 Å². The molecule has 1 amide bonds. The first-order valence-electron chi connectivity index (χ1n) is 15.8. The van der Waals surface area contributed by atoms with Gasteiger partial charge in [-0.2, -0.15) is 0 Å². The fourth-order valence-corrected chi connectivity index (χ4v) is 6.44. The summed E-state index contributed by atoms with van der Waals surface area (Å²) >= 11 is 0. The average Bonchev–Trinajstić information content (AvgIpc) is 2.92. The summed E-state index contributed by atoms with van der Waals surface area (Å²) in [6.45, 7) is 24.0. The number of carbonyl (C=O) groups excluding carboxylic acids is 1. The van der Waals surface area contributed by atoms with Gasteiger partial charge in [-0.05, 0) is 89.6 Å². The topological polar surface area (TPSA) is 61.8 Å². The van der Waals surface area contributed by atoms with Crippen molar-refractivity contribution in [1.29, 1.82) is 0 Å². The Bertz CT molecular complexity index is 1490. The second kappa shape index (κ2) is 11.8. The van der Waals surface area contributed by atoms with Crippen LogP contribution in [0.2, 0.25) is 0 Å². The Kier molecular flexibility index (Phi) is 8.47. The molecular weight excluding hydrogens is 534 g/mol. The third kappa shape index (κ3) is 6.36. The van der Waals surface area contributed by atoms with Crippen molar-refractivity contribution in [1.82, 2.24) is 14.9 Å². The van der Waals surface area contributed by atoms with Gasteiger partial charge >= 0.3 is 6.09 Å². The molecule has 0 N–H and O–H groups in total. The Morgan fingerprint density at radius 1 is 0.953 bits per heavy atom. The average molecular weight is 584 g/mol. The molecule has 5 rings (SSSR count). The Balaban J connectivity index is 1.57. The quantitative estimate of drug-likeness (QED) is 0.315. The molecule has 0 saturated carbocycles. The minimum absolute atomic E-state index is 0.0232. The maximum absolute atomic E-state index is 13.1. The number of anilines is 2. The van der Waals surface area contributed by atoms with Gasteiger partial charge in [-0.1, -0.05) is 44.2 Å². The van der Waals surface area contributed by atoms with Gasteiger partial charge in [-0.3, -0.25) is 0 Å². The van der Waals surface area contributed by atoms with Gasteiger partial charge in [0.1, 0.15) is 11.4 Å². The van der Waals surface area contributed by atoms with E-state index in [9.17, 15) is 4.79 Å². The van der Waals surface area contributed by atoms with Crippen LogP contribution < -0.4 is 9.80 Å². The molecule has 0 bridgehead atoms. The summed E-state index contributed by atoms with van der Waals surface area (Å²) in [5, 5.41) is 0. The smallest absolute Gasteiger partial charge is 0.410 e. The van der Waals surface area contributed by atoms with Crippen molar-refractivity contribution in [3.8, 4) is 11.4 Å².